The van der Waals surface area contributed by atoms with Crippen LogP contribution in [0.25, 0.3) is 0 Å². The van der Waals surface area contributed by atoms with Gasteiger partial charge in [-0.1, -0.05) is 0 Å². The van der Waals surface area contributed by atoms with Crippen LogP contribution in [0.5, 0.6) is 16.6 Å². The van der Waals surface area contributed by atoms with Crippen LogP contribution >= 0.6 is 23.7 Å². The van der Waals surface area contributed by atoms with E-state index < -0.39 is 6.10 Å². The molecular weight excluding hydrogens is 432 g/mol. The fourth-order valence-electron chi connectivity index (χ4n) is 2.22. The van der Waals surface area contributed by atoms with E-state index in [9.17, 15) is 9.90 Å². The van der Waals surface area contributed by atoms with E-state index in [1.807, 2.05) is 17.5 Å². The van der Waals surface area contributed by atoms with Gasteiger partial charge in [0.25, 0.3) is 5.91 Å². The van der Waals surface area contributed by atoms with Gasteiger partial charge in [-0.25, -0.2) is 0 Å². The molecule has 0 aliphatic carbocycles. The Morgan fingerprint density at radius 3 is 2.47 bits per heavy atom. The molecule has 2 aromatic rings. The van der Waals surface area contributed by atoms with Gasteiger partial charge in [0.2, 0.25) is 0 Å². The number of benzene rings is 1. The highest BCUT2D eigenvalue weighted by molar-refractivity contribution is 7.11. The van der Waals surface area contributed by atoms with E-state index in [1.165, 1.54) is 11.3 Å². The molecule has 0 aliphatic heterocycles. The predicted molar refractivity (Wildman–Crippen MR) is 118 cm³/mol. The molecule has 1 aromatic heterocycles. The van der Waals surface area contributed by atoms with Gasteiger partial charge < -0.3 is 34.7 Å². The molecule has 0 spiro atoms. The molecule has 0 radical (unpaired) electrons. The second-order valence-electron chi connectivity index (χ2n) is 6.05. The Morgan fingerprint density at radius 2 is 1.80 bits per heavy atom. The molecule has 30 heavy (non-hydrogen) atoms. The zero-order valence-corrected chi connectivity index (χ0v) is 18.5. The average molecular weight is 461 g/mol. The number of thiophene rings is 1. The number of rotatable bonds is 15. The molecule has 0 fully saturated rings. The maximum atomic E-state index is 11.6. The average Bonchev–Trinajstić information content (AvgIpc) is 3.25. The minimum atomic E-state index is -0.583. The first-order chi connectivity index (χ1) is 14.2. The first kappa shape index (κ1) is 26.0. The zero-order valence-electron chi connectivity index (χ0n) is 16.9. The van der Waals surface area contributed by atoms with E-state index in [0.717, 1.165) is 5.06 Å². The lowest BCUT2D eigenvalue weighted by Crippen LogP contribution is -2.33. The Kier molecular flexibility index (Phi) is 13.7. The van der Waals surface area contributed by atoms with Crippen molar-refractivity contribution in [3.8, 4) is 16.6 Å². The van der Waals surface area contributed by atoms with Gasteiger partial charge in [0.15, 0.2) is 11.7 Å². The number of aliphatic hydroxyl groups is 1. The molecule has 1 amide bonds. The molecule has 1 atom stereocenters. The minimum Gasteiger partial charge on any atom is -0.492 e. The summed E-state index contributed by atoms with van der Waals surface area (Å²) in [5.74, 6) is 1.09. The fraction of sp³-hybridized carbons (Fsp3) is 0.450. The maximum absolute atomic E-state index is 11.6. The quantitative estimate of drug-likeness (QED) is 0.348. The molecule has 1 aromatic carbocycles. The van der Waals surface area contributed by atoms with Crippen LogP contribution in [0, 0.1) is 0 Å². The van der Waals surface area contributed by atoms with Gasteiger partial charge in [-0.15, -0.1) is 23.7 Å². The first-order valence-corrected chi connectivity index (χ1v) is 10.2. The van der Waals surface area contributed by atoms with Crippen LogP contribution in [-0.2, 0) is 9.53 Å². The molecular formula is C20H29ClN2O6S. The minimum absolute atomic E-state index is 0. The van der Waals surface area contributed by atoms with Crippen LogP contribution in [0.4, 0.5) is 0 Å². The monoisotopic (exact) mass is 460 g/mol. The molecule has 0 saturated carbocycles. The van der Waals surface area contributed by atoms with Gasteiger partial charge in [-0.2, -0.15) is 0 Å². The van der Waals surface area contributed by atoms with Crippen LogP contribution in [0.1, 0.15) is 0 Å². The number of nitrogens with one attached hydrogen (secondary N) is 2. The molecule has 0 bridgehead atoms. The molecule has 168 valence electrons. The third-order valence-electron chi connectivity index (χ3n) is 3.66. The van der Waals surface area contributed by atoms with Crippen molar-refractivity contribution in [1.82, 2.24) is 10.6 Å². The van der Waals surface area contributed by atoms with E-state index in [4.69, 9.17) is 18.9 Å². The Hall–Kier alpha value is -2.04. The SMILES string of the molecule is COCCNC(=O)COc1ccc(OCCNCC(O)COc2cccs2)cc1.Cl. The van der Waals surface area contributed by atoms with Crippen molar-refractivity contribution in [2.75, 3.05) is 53.2 Å². The summed E-state index contributed by atoms with van der Waals surface area (Å²) in [6.07, 6.45) is -0.583. The summed E-state index contributed by atoms with van der Waals surface area (Å²) >= 11 is 1.50. The third-order valence-corrected chi connectivity index (χ3v) is 4.44. The summed E-state index contributed by atoms with van der Waals surface area (Å²) in [5.41, 5.74) is 0. The summed E-state index contributed by atoms with van der Waals surface area (Å²) in [5, 5.41) is 18.4. The molecule has 10 heteroatoms. The third kappa shape index (κ3) is 11.2. The highest BCUT2D eigenvalue weighted by Gasteiger charge is 2.06. The summed E-state index contributed by atoms with van der Waals surface area (Å²) in [7, 11) is 1.58. The molecule has 1 unspecified atom stereocenters. The van der Waals surface area contributed by atoms with E-state index in [0.29, 0.717) is 44.3 Å². The fourth-order valence-corrected chi connectivity index (χ4v) is 2.80. The number of amides is 1. The lowest BCUT2D eigenvalue weighted by molar-refractivity contribution is -0.123. The second kappa shape index (κ2) is 15.8. The molecule has 1 heterocycles. The van der Waals surface area contributed by atoms with Crippen molar-refractivity contribution < 1.29 is 28.8 Å². The van der Waals surface area contributed by atoms with Gasteiger partial charge in [-0.05, 0) is 41.8 Å². The van der Waals surface area contributed by atoms with Crippen molar-refractivity contribution in [3.63, 3.8) is 0 Å². The largest absolute Gasteiger partial charge is 0.492 e. The first-order valence-electron chi connectivity index (χ1n) is 9.33. The Morgan fingerprint density at radius 1 is 1.07 bits per heavy atom. The van der Waals surface area contributed by atoms with E-state index in [1.54, 1.807) is 31.4 Å². The van der Waals surface area contributed by atoms with Crippen molar-refractivity contribution in [1.29, 1.82) is 0 Å². The number of carbonyl (C=O) groups is 1. The Balaban J connectivity index is 0.00000450. The van der Waals surface area contributed by atoms with Crippen LogP contribution in [-0.4, -0.2) is 70.3 Å². The van der Waals surface area contributed by atoms with Gasteiger partial charge in [0, 0.05) is 26.7 Å². The van der Waals surface area contributed by atoms with Gasteiger partial charge in [0.05, 0.1) is 6.61 Å². The molecule has 3 N–H and O–H groups in total. The van der Waals surface area contributed by atoms with Gasteiger partial charge in [-0.3, -0.25) is 4.79 Å². The number of hydrogen-bond donors (Lipinski definition) is 3. The number of ether oxygens (including phenoxy) is 4. The number of carbonyl (C=O) groups excluding carboxylic acids is 1. The second-order valence-corrected chi connectivity index (χ2v) is 6.96. The Labute approximate surface area is 186 Å². The topological polar surface area (TPSA) is 98.3 Å². The van der Waals surface area contributed by atoms with E-state index in [-0.39, 0.29) is 31.5 Å². The van der Waals surface area contributed by atoms with Crippen molar-refractivity contribution >= 4 is 29.7 Å². The summed E-state index contributed by atoms with van der Waals surface area (Å²) in [6.45, 7) is 2.60. The highest BCUT2D eigenvalue weighted by Crippen LogP contribution is 2.18. The molecule has 8 nitrogen and oxygen atoms in total. The number of methoxy groups -OCH3 is 1. The van der Waals surface area contributed by atoms with Crippen molar-refractivity contribution in [2.24, 2.45) is 0 Å². The van der Waals surface area contributed by atoms with Crippen molar-refractivity contribution in [3.05, 3.63) is 41.8 Å². The molecule has 0 saturated heterocycles. The molecule has 0 aliphatic rings. The van der Waals surface area contributed by atoms with Gasteiger partial charge >= 0.3 is 0 Å². The lowest BCUT2D eigenvalue weighted by atomic mass is 10.3. The maximum Gasteiger partial charge on any atom is 0.258 e. The van der Waals surface area contributed by atoms with Crippen LogP contribution in [0.2, 0.25) is 0 Å². The number of aliphatic hydroxyl groups excluding tert-OH is 1. The zero-order chi connectivity index (χ0) is 20.7. The summed E-state index contributed by atoms with van der Waals surface area (Å²) < 4.78 is 21.4. The smallest absolute Gasteiger partial charge is 0.258 e. The summed E-state index contributed by atoms with van der Waals surface area (Å²) in [6, 6.07) is 10.8. The van der Waals surface area contributed by atoms with Crippen LogP contribution in [0.3, 0.4) is 0 Å². The lowest BCUT2D eigenvalue weighted by Gasteiger charge is -2.13. The standard InChI is InChI=1S/C20H28N2O6S.ClH/c1-25-10-9-22-19(24)15-27-18-6-4-17(5-7-18)26-11-8-21-13-16(23)14-28-20-3-2-12-29-20;/h2-7,12,16,21,23H,8-11,13-15H2,1H3,(H,22,24);1H. The number of hydrogen-bond acceptors (Lipinski definition) is 8. The predicted octanol–water partition coefficient (Wildman–Crippen LogP) is 1.72. The van der Waals surface area contributed by atoms with Crippen LogP contribution < -0.4 is 24.8 Å². The van der Waals surface area contributed by atoms with Gasteiger partial charge in [0.1, 0.15) is 30.8 Å². The highest BCUT2D eigenvalue weighted by atomic mass is 35.5. The van der Waals surface area contributed by atoms with E-state index >= 15 is 0 Å². The number of halogens is 1. The van der Waals surface area contributed by atoms with Crippen molar-refractivity contribution in [2.45, 2.75) is 6.10 Å². The normalized spacial score (nSPS) is 11.3. The van der Waals surface area contributed by atoms with Crippen LogP contribution in [0.15, 0.2) is 41.8 Å². The summed E-state index contributed by atoms with van der Waals surface area (Å²) in [4.78, 5) is 11.6. The molecule has 2 rings (SSSR count). The van der Waals surface area contributed by atoms with E-state index in [2.05, 4.69) is 10.6 Å². The Bertz CT molecular complexity index is 687.